The minimum atomic E-state index is 0.329. The number of amides is 1. The Morgan fingerprint density at radius 3 is 3.33 bits per heavy atom. The van der Waals surface area contributed by atoms with E-state index < -0.39 is 0 Å². The zero-order valence-corrected chi connectivity index (χ0v) is 7.03. The van der Waals surface area contributed by atoms with Crippen LogP contribution in [0.4, 0.5) is 0 Å². The summed E-state index contributed by atoms with van der Waals surface area (Å²) in [7, 11) is 0. The summed E-state index contributed by atoms with van der Waals surface area (Å²) in [5, 5.41) is 3.36. The summed E-state index contributed by atoms with van der Waals surface area (Å²) in [5.74, 6) is 0. The number of piperidine rings is 1. The molecule has 0 saturated carbocycles. The Balaban J connectivity index is 1.93. The maximum Gasteiger partial charge on any atom is 0.209 e. The lowest BCUT2D eigenvalue weighted by Gasteiger charge is -2.40. The summed E-state index contributed by atoms with van der Waals surface area (Å²) in [6, 6.07) is 0.359. The van der Waals surface area contributed by atoms with E-state index in [0.29, 0.717) is 12.1 Å². The van der Waals surface area contributed by atoms with Gasteiger partial charge < -0.3 is 15.0 Å². The van der Waals surface area contributed by atoms with Crippen molar-refractivity contribution in [3.8, 4) is 0 Å². The van der Waals surface area contributed by atoms with Crippen LogP contribution < -0.4 is 5.32 Å². The molecule has 0 aromatic rings. The fourth-order valence-electron chi connectivity index (χ4n) is 1.90. The third-order valence-electron chi connectivity index (χ3n) is 2.57. The van der Waals surface area contributed by atoms with Crippen molar-refractivity contribution >= 4 is 6.41 Å². The van der Waals surface area contributed by atoms with Gasteiger partial charge in [0.25, 0.3) is 0 Å². The molecule has 0 radical (unpaired) electrons. The SMILES string of the molecule is O=CN1CCC2OCCNC2C1. The molecule has 0 bridgehead atoms. The molecular formula is C8H14N2O2. The van der Waals surface area contributed by atoms with Gasteiger partial charge in [-0.3, -0.25) is 4.79 Å². The molecule has 2 heterocycles. The molecule has 1 N–H and O–H groups in total. The molecule has 2 unspecified atom stereocenters. The maximum atomic E-state index is 10.5. The molecule has 4 heteroatoms. The Morgan fingerprint density at radius 2 is 2.50 bits per heavy atom. The van der Waals surface area contributed by atoms with Crippen molar-refractivity contribution in [1.29, 1.82) is 0 Å². The Bertz CT molecular complexity index is 174. The predicted molar refractivity (Wildman–Crippen MR) is 43.8 cm³/mol. The molecule has 68 valence electrons. The maximum absolute atomic E-state index is 10.5. The molecule has 0 aliphatic carbocycles. The van der Waals surface area contributed by atoms with Crippen LogP contribution in [0, 0.1) is 0 Å². The number of morpholine rings is 1. The third-order valence-corrected chi connectivity index (χ3v) is 2.57. The van der Waals surface area contributed by atoms with Gasteiger partial charge in [0.15, 0.2) is 0 Å². The molecule has 2 aliphatic rings. The summed E-state index contributed by atoms with van der Waals surface area (Å²) < 4.78 is 5.57. The number of nitrogens with one attached hydrogen (secondary N) is 1. The number of carbonyl (C=O) groups excluding carboxylic acids is 1. The lowest BCUT2D eigenvalue weighted by atomic mass is 10.0. The van der Waals surface area contributed by atoms with E-state index in [2.05, 4.69) is 5.32 Å². The van der Waals surface area contributed by atoms with Gasteiger partial charge >= 0.3 is 0 Å². The van der Waals surface area contributed by atoms with E-state index in [0.717, 1.165) is 39.1 Å². The number of fused-ring (bicyclic) bond motifs is 1. The van der Waals surface area contributed by atoms with Crippen LogP contribution in [0.5, 0.6) is 0 Å². The summed E-state index contributed by atoms with van der Waals surface area (Å²) in [6.45, 7) is 3.36. The molecule has 12 heavy (non-hydrogen) atoms. The van der Waals surface area contributed by atoms with Crippen molar-refractivity contribution in [3.63, 3.8) is 0 Å². The normalized spacial score (nSPS) is 35.8. The first-order valence-corrected chi connectivity index (χ1v) is 4.44. The average molecular weight is 170 g/mol. The van der Waals surface area contributed by atoms with Crippen LogP contribution in [-0.4, -0.2) is 49.7 Å². The minimum absolute atomic E-state index is 0.329. The van der Waals surface area contributed by atoms with Crippen LogP contribution in [0.25, 0.3) is 0 Å². The molecule has 2 saturated heterocycles. The van der Waals surface area contributed by atoms with E-state index in [-0.39, 0.29) is 0 Å². The van der Waals surface area contributed by atoms with Crippen molar-refractivity contribution < 1.29 is 9.53 Å². The van der Waals surface area contributed by atoms with Gasteiger partial charge in [-0.2, -0.15) is 0 Å². The highest BCUT2D eigenvalue weighted by molar-refractivity contribution is 5.47. The van der Waals surface area contributed by atoms with Crippen molar-refractivity contribution in [2.75, 3.05) is 26.2 Å². The Labute approximate surface area is 71.9 Å². The second kappa shape index (κ2) is 3.41. The van der Waals surface area contributed by atoms with Crippen molar-refractivity contribution in [2.45, 2.75) is 18.6 Å². The van der Waals surface area contributed by atoms with Crippen LogP contribution in [0.15, 0.2) is 0 Å². The number of nitrogens with zero attached hydrogens (tertiary/aromatic N) is 1. The number of hydrogen-bond acceptors (Lipinski definition) is 3. The molecule has 2 fully saturated rings. The number of rotatable bonds is 1. The number of ether oxygens (including phenoxy) is 1. The van der Waals surface area contributed by atoms with Gasteiger partial charge in [0.05, 0.1) is 18.8 Å². The first-order valence-electron chi connectivity index (χ1n) is 4.44. The molecular weight excluding hydrogens is 156 g/mol. The first kappa shape index (κ1) is 8.01. The molecule has 0 spiro atoms. The predicted octanol–water partition coefficient (Wildman–Crippen LogP) is -0.794. The van der Waals surface area contributed by atoms with Gasteiger partial charge in [-0.1, -0.05) is 0 Å². The van der Waals surface area contributed by atoms with Crippen LogP contribution >= 0.6 is 0 Å². The first-order chi connectivity index (χ1) is 5.90. The molecule has 4 nitrogen and oxygen atoms in total. The second-order valence-electron chi connectivity index (χ2n) is 3.36. The summed E-state index contributed by atoms with van der Waals surface area (Å²) >= 11 is 0. The smallest absolute Gasteiger partial charge is 0.209 e. The lowest BCUT2D eigenvalue weighted by Crippen LogP contribution is -2.57. The van der Waals surface area contributed by atoms with E-state index in [1.165, 1.54) is 0 Å². The fraction of sp³-hybridized carbons (Fsp3) is 0.875. The fourth-order valence-corrected chi connectivity index (χ4v) is 1.90. The Morgan fingerprint density at radius 1 is 1.58 bits per heavy atom. The van der Waals surface area contributed by atoms with E-state index >= 15 is 0 Å². The average Bonchev–Trinajstić information content (AvgIpc) is 2.17. The van der Waals surface area contributed by atoms with Crippen LogP contribution in [0.1, 0.15) is 6.42 Å². The van der Waals surface area contributed by atoms with E-state index in [9.17, 15) is 4.79 Å². The topological polar surface area (TPSA) is 41.6 Å². The Kier molecular flexibility index (Phi) is 2.28. The van der Waals surface area contributed by atoms with Gasteiger partial charge in [-0.15, -0.1) is 0 Å². The molecule has 2 atom stereocenters. The van der Waals surface area contributed by atoms with Crippen LogP contribution in [0.3, 0.4) is 0 Å². The monoisotopic (exact) mass is 170 g/mol. The zero-order valence-electron chi connectivity index (χ0n) is 7.03. The van der Waals surface area contributed by atoms with Crippen LogP contribution in [0.2, 0.25) is 0 Å². The number of carbonyl (C=O) groups is 1. The standard InChI is InChI=1S/C8H14N2O2/c11-6-10-3-1-8-7(5-10)9-2-4-12-8/h6-9H,1-5H2. The summed E-state index contributed by atoms with van der Waals surface area (Å²) in [6.07, 6.45) is 2.22. The van der Waals surface area contributed by atoms with Crippen molar-refractivity contribution in [3.05, 3.63) is 0 Å². The lowest BCUT2D eigenvalue weighted by molar-refractivity contribution is -0.123. The quantitative estimate of drug-likeness (QED) is 0.524. The largest absolute Gasteiger partial charge is 0.375 e. The van der Waals surface area contributed by atoms with E-state index in [4.69, 9.17) is 4.74 Å². The van der Waals surface area contributed by atoms with Gasteiger partial charge in [0, 0.05) is 19.6 Å². The number of hydrogen-bond donors (Lipinski definition) is 1. The summed E-state index contributed by atoms with van der Waals surface area (Å²) in [5.41, 5.74) is 0. The Hall–Kier alpha value is -0.610. The third kappa shape index (κ3) is 1.44. The molecule has 0 aromatic carbocycles. The highest BCUT2D eigenvalue weighted by Gasteiger charge is 2.31. The van der Waals surface area contributed by atoms with Crippen LogP contribution in [-0.2, 0) is 9.53 Å². The molecule has 0 aromatic heterocycles. The second-order valence-corrected chi connectivity index (χ2v) is 3.36. The highest BCUT2D eigenvalue weighted by Crippen LogP contribution is 2.15. The highest BCUT2D eigenvalue weighted by atomic mass is 16.5. The zero-order chi connectivity index (χ0) is 8.39. The van der Waals surface area contributed by atoms with Crippen molar-refractivity contribution in [2.24, 2.45) is 0 Å². The van der Waals surface area contributed by atoms with Crippen molar-refractivity contribution in [1.82, 2.24) is 10.2 Å². The van der Waals surface area contributed by atoms with E-state index in [1.54, 1.807) is 0 Å². The van der Waals surface area contributed by atoms with Gasteiger partial charge in [-0.25, -0.2) is 0 Å². The van der Waals surface area contributed by atoms with Gasteiger partial charge in [0.1, 0.15) is 0 Å². The summed E-state index contributed by atoms with van der Waals surface area (Å²) in [4.78, 5) is 12.3. The van der Waals surface area contributed by atoms with E-state index in [1.807, 2.05) is 4.90 Å². The van der Waals surface area contributed by atoms with Gasteiger partial charge in [0.2, 0.25) is 6.41 Å². The molecule has 1 amide bonds. The molecule has 2 rings (SSSR count). The molecule has 2 aliphatic heterocycles. The van der Waals surface area contributed by atoms with Gasteiger partial charge in [-0.05, 0) is 6.42 Å². The minimum Gasteiger partial charge on any atom is -0.375 e. The number of likely N-dealkylation sites (tertiary alicyclic amines) is 1.